The molecule has 0 saturated heterocycles. The summed E-state index contributed by atoms with van der Waals surface area (Å²) < 4.78 is 25.7. The van der Waals surface area contributed by atoms with Crippen LogP contribution in [0.15, 0.2) is 59.6 Å². The van der Waals surface area contributed by atoms with E-state index in [9.17, 15) is 13.2 Å². The van der Waals surface area contributed by atoms with Crippen LogP contribution in [0.25, 0.3) is 0 Å². The Labute approximate surface area is 193 Å². The summed E-state index contributed by atoms with van der Waals surface area (Å²) >= 11 is 0. The average Bonchev–Trinajstić information content (AvgIpc) is 2.79. The number of hydrogen-bond acceptors (Lipinski definition) is 7. The molecule has 0 bridgehead atoms. The predicted molar refractivity (Wildman–Crippen MR) is 128 cm³/mol. The van der Waals surface area contributed by atoms with E-state index in [2.05, 4.69) is 15.3 Å². The number of hydrogen-bond donors (Lipinski definition) is 1. The zero-order valence-electron chi connectivity index (χ0n) is 19.1. The van der Waals surface area contributed by atoms with Gasteiger partial charge in [0.2, 0.25) is 16.0 Å². The maximum Gasteiger partial charge on any atom is 0.254 e. The molecular formula is C23H26N6O3S. The van der Waals surface area contributed by atoms with Crippen LogP contribution in [0, 0.1) is 6.92 Å². The van der Waals surface area contributed by atoms with Crippen molar-refractivity contribution in [2.45, 2.75) is 17.9 Å². The van der Waals surface area contributed by atoms with Crippen LogP contribution in [-0.2, 0) is 14.8 Å². The standard InChI is InChI=1S/C23H26N6O3S/c1-15-8-6-7-9-18(15)20-22(30)28(4)19-14-24-23(26-21(19)29(20)5)25-16-10-12-17(13-11-16)33(31,32)27(2)3/h6-14,20H,1-5H3,(H,24,25,26). The third-order valence-corrected chi connectivity index (χ3v) is 7.60. The van der Waals surface area contributed by atoms with Gasteiger partial charge in [0.25, 0.3) is 5.91 Å². The summed E-state index contributed by atoms with van der Waals surface area (Å²) in [5, 5.41) is 3.11. The van der Waals surface area contributed by atoms with Gasteiger partial charge in [0.15, 0.2) is 5.82 Å². The Bertz CT molecular complexity index is 1310. The maximum atomic E-state index is 13.1. The molecule has 0 fully saturated rings. The first-order valence-electron chi connectivity index (χ1n) is 10.3. The number of carbonyl (C=O) groups is 1. The highest BCUT2D eigenvalue weighted by molar-refractivity contribution is 7.89. The number of likely N-dealkylation sites (N-methyl/N-ethyl adjacent to an activating group) is 2. The van der Waals surface area contributed by atoms with E-state index in [0.29, 0.717) is 23.1 Å². The topological polar surface area (TPSA) is 98.7 Å². The molecule has 1 aromatic heterocycles. The summed E-state index contributed by atoms with van der Waals surface area (Å²) in [4.78, 5) is 25.8. The van der Waals surface area contributed by atoms with Crippen molar-refractivity contribution in [3.63, 3.8) is 0 Å². The van der Waals surface area contributed by atoms with E-state index in [1.165, 1.54) is 30.5 Å². The lowest BCUT2D eigenvalue weighted by atomic mass is 9.97. The highest BCUT2D eigenvalue weighted by atomic mass is 32.2. The first kappa shape index (κ1) is 22.7. The molecule has 1 unspecified atom stereocenters. The second-order valence-electron chi connectivity index (χ2n) is 8.11. The van der Waals surface area contributed by atoms with Crippen molar-refractivity contribution < 1.29 is 13.2 Å². The molecule has 0 saturated carbocycles. The third kappa shape index (κ3) is 4.03. The van der Waals surface area contributed by atoms with Crippen LogP contribution < -0.4 is 15.1 Å². The van der Waals surface area contributed by atoms with E-state index < -0.39 is 16.1 Å². The van der Waals surface area contributed by atoms with Crippen LogP contribution in [0.3, 0.4) is 0 Å². The molecular weight excluding hydrogens is 440 g/mol. The fraction of sp³-hybridized carbons (Fsp3) is 0.261. The maximum absolute atomic E-state index is 13.1. The zero-order chi connectivity index (χ0) is 23.9. The number of rotatable bonds is 5. The van der Waals surface area contributed by atoms with E-state index in [-0.39, 0.29) is 10.8 Å². The number of benzene rings is 2. The zero-order valence-corrected chi connectivity index (χ0v) is 20.0. The van der Waals surface area contributed by atoms with Gasteiger partial charge >= 0.3 is 0 Å². The van der Waals surface area contributed by atoms with Gasteiger partial charge in [-0.3, -0.25) is 4.79 Å². The van der Waals surface area contributed by atoms with Gasteiger partial charge in [-0.2, -0.15) is 4.98 Å². The van der Waals surface area contributed by atoms with Gasteiger partial charge in [0.1, 0.15) is 11.7 Å². The summed E-state index contributed by atoms with van der Waals surface area (Å²) in [5.74, 6) is 0.908. The van der Waals surface area contributed by atoms with Crippen molar-refractivity contribution in [3.8, 4) is 0 Å². The lowest BCUT2D eigenvalue weighted by Gasteiger charge is -2.39. The molecule has 1 amide bonds. The lowest BCUT2D eigenvalue weighted by molar-refractivity contribution is -0.120. The Kier molecular flexibility index (Phi) is 5.81. The number of anilines is 4. The van der Waals surface area contributed by atoms with E-state index in [1.54, 1.807) is 30.3 Å². The van der Waals surface area contributed by atoms with E-state index in [1.807, 2.05) is 43.1 Å². The average molecular weight is 467 g/mol. The Morgan fingerprint density at radius 1 is 1.03 bits per heavy atom. The van der Waals surface area contributed by atoms with Gasteiger partial charge in [-0.25, -0.2) is 17.7 Å². The Morgan fingerprint density at radius 3 is 2.33 bits per heavy atom. The monoisotopic (exact) mass is 466 g/mol. The van der Waals surface area contributed by atoms with Gasteiger partial charge in [0, 0.05) is 33.9 Å². The second-order valence-corrected chi connectivity index (χ2v) is 10.3. The van der Waals surface area contributed by atoms with E-state index in [0.717, 1.165) is 11.1 Å². The predicted octanol–water partition coefficient (Wildman–Crippen LogP) is 2.93. The quantitative estimate of drug-likeness (QED) is 0.617. The minimum Gasteiger partial charge on any atom is -0.342 e. The molecule has 172 valence electrons. The second kappa shape index (κ2) is 8.45. The summed E-state index contributed by atoms with van der Waals surface area (Å²) in [6.45, 7) is 1.99. The van der Waals surface area contributed by atoms with Gasteiger partial charge in [-0.1, -0.05) is 24.3 Å². The summed E-state index contributed by atoms with van der Waals surface area (Å²) in [6.07, 6.45) is 1.61. The van der Waals surface area contributed by atoms with Crippen molar-refractivity contribution in [3.05, 3.63) is 65.9 Å². The summed E-state index contributed by atoms with van der Waals surface area (Å²) in [6, 6.07) is 13.7. The molecule has 1 aliphatic rings. The molecule has 33 heavy (non-hydrogen) atoms. The number of nitrogens with zero attached hydrogens (tertiary/aromatic N) is 5. The SMILES string of the molecule is Cc1ccccc1C1C(=O)N(C)c2cnc(Nc3ccc(S(=O)(=O)N(C)C)cc3)nc2N1C. The number of carbonyl (C=O) groups excluding carboxylic acids is 1. The number of aromatic nitrogens is 2. The first-order valence-corrected chi connectivity index (χ1v) is 11.8. The third-order valence-electron chi connectivity index (χ3n) is 5.77. The molecule has 10 heteroatoms. The number of nitrogens with one attached hydrogen (secondary N) is 1. The molecule has 3 aromatic rings. The van der Waals surface area contributed by atoms with Gasteiger partial charge in [-0.15, -0.1) is 0 Å². The Balaban J connectivity index is 1.65. The highest BCUT2D eigenvalue weighted by Gasteiger charge is 2.37. The molecule has 1 aliphatic heterocycles. The summed E-state index contributed by atoms with van der Waals surface area (Å²) in [7, 11) is 3.05. The van der Waals surface area contributed by atoms with Crippen LogP contribution in [0.5, 0.6) is 0 Å². The van der Waals surface area contributed by atoms with Crippen molar-refractivity contribution in [2.75, 3.05) is 43.3 Å². The van der Waals surface area contributed by atoms with Crippen LogP contribution in [-0.4, -0.2) is 56.8 Å². The Hall–Kier alpha value is -3.50. The van der Waals surface area contributed by atoms with E-state index >= 15 is 0 Å². The Morgan fingerprint density at radius 2 is 1.70 bits per heavy atom. The van der Waals surface area contributed by atoms with E-state index in [4.69, 9.17) is 0 Å². The first-order chi connectivity index (χ1) is 15.6. The fourth-order valence-corrected chi connectivity index (χ4v) is 4.70. The molecule has 0 aliphatic carbocycles. The smallest absolute Gasteiger partial charge is 0.254 e. The van der Waals surface area contributed by atoms with Gasteiger partial charge < -0.3 is 15.1 Å². The van der Waals surface area contributed by atoms with Crippen molar-refractivity contribution in [1.29, 1.82) is 0 Å². The molecule has 1 atom stereocenters. The number of fused-ring (bicyclic) bond motifs is 1. The van der Waals surface area contributed by atoms with Crippen LogP contribution >= 0.6 is 0 Å². The molecule has 0 spiro atoms. The minimum absolute atomic E-state index is 0.0544. The van der Waals surface area contributed by atoms with Gasteiger partial charge in [0.05, 0.1) is 11.1 Å². The molecule has 2 heterocycles. The van der Waals surface area contributed by atoms with Gasteiger partial charge in [-0.05, 0) is 42.3 Å². The molecule has 2 aromatic carbocycles. The van der Waals surface area contributed by atoms with Crippen molar-refractivity contribution in [2.24, 2.45) is 0 Å². The molecule has 0 radical (unpaired) electrons. The van der Waals surface area contributed by atoms with Crippen LogP contribution in [0.1, 0.15) is 17.2 Å². The van der Waals surface area contributed by atoms with Crippen molar-refractivity contribution in [1.82, 2.24) is 14.3 Å². The number of sulfonamides is 1. The van der Waals surface area contributed by atoms with Crippen LogP contribution in [0.2, 0.25) is 0 Å². The minimum atomic E-state index is -3.50. The van der Waals surface area contributed by atoms with Crippen molar-refractivity contribution >= 4 is 39.1 Å². The van der Waals surface area contributed by atoms with Crippen LogP contribution in [0.4, 0.5) is 23.1 Å². The molecule has 4 rings (SSSR count). The largest absolute Gasteiger partial charge is 0.342 e. The normalized spacial score (nSPS) is 16.2. The highest BCUT2D eigenvalue weighted by Crippen LogP contribution is 2.39. The molecule has 1 N–H and O–H groups in total. The number of aryl methyl sites for hydroxylation is 1. The summed E-state index contributed by atoms with van der Waals surface area (Å²) in [5.41, 5.74) is 3.21. The fourth-order valence-electron chi connectivity index (χ4n) is 3.80. The molecule has 9 nitrogen and oxygen atoms in total. The lowest BCUT2D eigenvalue weighted by Crippen LogP contribution is -2.45. The number of amides is 1.